The summed E-state index contributed by atoms with van der Waals surface area (Å²) in [7, 11) is 1.81. The van der Waals surface area contributed by atoms with Crippen LogP contribution in [0.5, 0.6) is 0 Å². The molecule has 4 nitrogen and oxygen atoms in total. The van der Waals surface area contributed by atoms with E-state index in [9.17, 15) is 4.39 Å². The van der Waals surface area contributed by atoms with Crippen molar-refractivity contribution >= 4 is 5.82 Å². The normalized spacial score (nSPS) is 9.94. The summed E-state index contributed by atoms with van der Waals surface area (Å²) in [6, 6.07) is 8.38. The van der Waals surface area contributed by atoms with E-state index in [1.807, 2.05) is 13.1 Å². The number of aromatic nitrogens is 2. The van der Waals surface area contributed by atoms with Gasteiger partial charge in [0.2, 0.25) is 0 Å². The van der Waals surface area contributed by atoms with E-state index in [-0.39, 0.29) is 5.56 Å². The van der Waals surface area contributed by atoms with Gasteiger partial charge in [0.05, 0.1) is 5.56 Å². The summed E-state index contributed by atoms with van der Waals surface area (Å²) in [4.78, 5) is 0. The Labute approximate surface area is 98.3 Å². The van der Waals surface area contributed by atoms with Gasteiger partial charge in [-0.2, -0.15) is 10.4 Å². The number of aryl methyl sites for hydroxylation is 1. The summed E-state index contributed by atoms with van der Waals surface area (Å²) in [6.07, 6.45) is 1.80. The summed E-state index contributed by atoms with van der Waals surface area (Å²) >= 11 is 0. The Kier molecular flexibility index (Phi) is 3.06. The lowest BCUT2D eigenvalue weighted by Gasteiger charge is -2.05. The first-order valence-corrected chi connectivity index (χ1v) is 5.11. The van der Waals surface area contributed by atoms with Crippen LogP contribution in [0, 0.1) is 17.1 Å². The summed E-state index contributed by atoms with van der Waals surface area (Å²) in [5, 5.41) is 15.8. The van der Waals surface area contributed by atoms with Crippen molar-refractivity contribution in [1.29, 1.82) is 5.26 Å². The fraction of sp³-hybridized carbons (Fsp3) is 0.167. The molecule has 0 spiro atoms. The molecule has 86 valence electrons. The lowest BCUT2D eigenvalue weighted by atomic mass is 10.1. The van der Waals surface area contributed by atoms with Crippen LogP contribution in [0.25, 0.3) is 0 Å². The number of halogens is 1. The molecular formula is C12H11FN4. The maximum Gasteiger partial charge on any atom is 0.148 e. The van der Waals surface area contributed by atoms with E-state index in [4.69, 9.17) is 5.26 Å². The highest BCUT2D eigenvalue weighted by Crippen LogP contribution is 2.13. The van der Waals surface area contributed by atoms with Crippen molar-refractivity contribution in [3.63, 3.8) is 0 Å². The molecule has 1 aromatic carbocycles. The molecule has 2 rings (SSSR count). The fourth-order valence-corrected chi connectivity index (χ4v) is 1.50. The molecule has 0 saturated heterocycles. The first-order chi connectivity index (χ1) is 8.20. The standard InChI is InChI=1S/C12H11FN4/c1-17-6-5-11(16-17)15-8-10-4-2-3-9(7-14)12(10)13/h2-6H,8H2,1H3,(H,15,16). The Morgan fingerprint density at radius 3 is 2.94 bits per heavy atom. The van der Waals surface area contributed by atoms with Gasteiger partial charge in [-0.25, -0.2) is 4.39 Å². The minimum atomic E-state index is -0.474. The highest BCUT2D eigenvalue weighted by atomic mass is 19.1. The molecule has 0 atom stereocenters. The topological polar surface area (TPSA) is 53.6 Å². The number of nitrogens with zero attached hydrogens (tertiary/aromatic N) is 3. The number of anilines is 1. The van der Waals surface area contributed by atoms with Crippen molar-refractivity contribution in [2.75, 3.05) is 5.32 Å². The van der Waals surface area contributed by atoms with Crippen LogP contribution < -0.4 is 5.32 Å². The van der Waals surface area contributed by atoms with Gasteiger partial charge < -0.3 is 5.32 Å². The van der Waals surface area contributed by atoms with Gasteiger partial charge in [-0.05, 0) is 6.07 Å². The van der Waals surface area contributed by atoms with Crippen LogP contribution in [-0.4, -0.2) is 9.78 Å². The Hall–Kier alpha value is -2.35. The molecule has 0 bridgehead atoms. The summed E-state index contributed by atoms with van der Waals surface area (Å²) < 4.78 is 15.3. The average molecular weight is 230 g/mol. The third-order valence-corrected chi connectivity index (χ3v) is 2.37. The summed E-state index contributed by atoms with van der Waals surface area (Å²) in [5.74, 6) is 0.202. The van der Waals surface area contributed by atoms with Crippen LogP contribution in [0.2, 0.25) is 0 Å². The van der Waals surface area contributed by atoms with E-state index in [0.29, 0.717) is 17.9 Å². The number of nitriles is 1. The molecule has 0 aliphatic carbocycles. The van der Waals surface area contributed by atoms with E-state index in [1.165, 1.54) is 6.07 Å². The highest BCUT2D eigenvalue weighted by molar-refractivity contribution is 5.38. The molecule has 0 amide bonds. The van der Waals surface area contributed by atoms with Gasteiger partial charge in [0.15, 0.2) is 0 Å². The maximum atomic E-state index is 13.7. The number of nitrogens with one attached hydrogen (secondary N) is 1. The lowest BCUT2D eigenvalue weighted by molar-refractivity contribution is 0.609. The van der Waals surface area contributed by atoms with Crippen LogP contribution in [0.1, 0.15) is 11.1 Å². The Bertz CT molecular complexity index is 568. The minimum Gasteiger partial charge on any atom is -0.364 e. The van der Waals surface area contributed by atoms with Crippen molar-refractivity contribution in [2.45, 2.75) is 6.54 Å². The molecular weight excluding hydrogens is 219 g/mol. The van der Waals surface area contributed by atoms with Crippen molar-refractivity contribution < 1.29 is 4.39 Å². The Morgan fingerprint density at radius 1 is 1.47 bits per heavy atom. The lowest BCUT2D eigenvalue weighted by Crippen LogP contribution is -2.04. The smallest absolute Gasteiger partial charge is 0.148 e. The molecule has 0 saturated carbocycles. The quantitative estimate of drug-likeness (QED) is 0.877. The average Bonchev–Trinajstić information content (AvgIpc) is 2.74. The van der Waals surface area contributed by atoms with Crippen molar-refractivity contribution in [3.05, 3.63) is 47.4 Å². The van der Waals surface area contributed by atoms with Gasteiger partial charge in [0.1, 0.15) is 17.7 Å². The number of benzene rings is 1. The van der Waals surface area contributed by atoms with Gasteiger partial charge in [0, 0.05) is 31.4 Å². The third kappa shape index (κ3) is 2.42. The Balaban J connectivity index is 2.12. The molecule has 0 unspecified atom stereocenters. The summed E-state index contributed by atoms with van der Waals surface area (Å²) in [5.41, 5.74) is 0.514. The van der Waals surface area contributed by atoms with Gasteiger partial charge >= 0.3 is 0 Å². The minimum absolute atomic E-state index is 0.0605. The van der Waals surface area contributed by atoms with Crippen molar-refractivity contribution in [3.8, 4) is 6.07 Å². The van der Waals surface area contributed by atoms with Crippen LogP contribution in [0.3, 0.4) is 0 Å². The second-order valence-electron chi connectivity index (χ2n) is 3.62. The zero-order valence-corrected chi connectivity index (χ0v) is 9.31. The second-order valence-corrected chi connectivity index (χ2v) is 3.62. The van der Waals surface area contributed by atoms with E-state index in [1.54, 1.807) is 29.1 Å². The predicted molar refractivity (Wildman–Crippen MR) is 61.6 cm³/mol. The first kappa shape index (κ1) is 11.1. The largest absolute Gasteiger partial charge is 0.364 e. The first-order valence-electron chi connectivity index (χ1n) is 5.11. The molecule has 0 aliphatic heterocycles. The van der Waals surface area contributed by atoms with Gasteiger partial charge in [0.25, 0.3) is 0 Å². The van der Waals surface area contributed by atoms with Gasteiger partial charge in [-0.15, -0.1) is 0 Å². The SMILES string of the molecule is Cn1ccc(NCc2cccc(C#N)c2F)n1. The van der Waals surface area contributed by atoms with E-state index >= 15 is 0 Å². The van der Waals surface area contributed by atoms with Crippen LogP contribution >= 0.6 is 0 Å². The van der Waals surface area contributed by atoms with Crippen LogP contribution in [0.15, 0.2) is 30.5 Å². The Morgan fingerprint density at radius 2 is 2.29 bits per heavy atom. The predicted octanol–water partition coefficient (Wildman–Crippen LogP) is 2.04. The number of hydrogen-bond donors (Lipinski definition) is 1. The third-order valence-electron chi connectivity index (χ3n) is 2.37. The molecule has 0 fully saturated rings. The molecule has 1 heterocycles. The molecule has 1 N–H and O–H groups in total. The number of hydrogen-bond acceptors (Lipinski definition) is 3. The maximum absolute atomic E-state index is 13.7. The van der Waals surface area contributed by atoms with E-state index in [2.05, 4.69) is 10.4 Å². The molecule has 2 aromatic rings. The molecule has 1 aromatic heterocycles. The van der Waals surface area contributed by atoms with Gasteiger partial charge in [-0.1, -0.05) is 12.1 Å². The van der Waals surface area contributed by atoms with Crippen molar-refractivity contribution in [1.82, 2.24) is 9.78 Å². The van der Waals surface area contributed by atoms with Crippen LogP contribution in [-0.2, 0) is 13.6 Å². The van der Waals surface area contributed by atoms with E-state index in [0.717, 1.165) is 0 Å². The highest BCUT2D eigenvalue weighted by Gasteiger charge is 2.07. The van der Waals surface area contributed by atoms with Crippen molar-refractivity contribution in [2.24, 2.45) is 7.05 Å². The number of rotatable bonds is 3. The zero-order valence-electron chi connectivity index (χ0n) is 9.31. The fourth-order valence-electron chi connectivity index (χ4n) is 1.50. The zero-order chi connectivity index (χ0) is 12.3. The second kappa shape index (κ2) is 4.66. The van der Waals surface area contributed by atoms with Gasteiger partial charge in [-0.3, -0.25) is 4.68 Å². The molecule has 17 heavy (non-hydrogen) atoms. The summed E-state index contributed by atoms with van der Waals surface area (Å²) in [6.45, 7) is 0.304. The van der Waals surface area contributed by atoms with Crippen LogP contribution in [0.4, 0.5) is 10.2 Å². The monoisotopic (exact) mass is 230 g/mol. The van der Waals surface area contributed by atoms with E-state index < -0.39 is 5.82 Å². The molecule has 0 aliphatic rings. The molecule has 0 radical (unpaired) electrons. The molecule has 5 heteroatoms.